The lowest BCUT2D eigenvalue weighted by molar-refractivity contribution is 0.0609. The Balaban J connectivity index is 0.00000161. The minimum absolute atomic E-state index is 0. The zero-order valence-electron chi connectivity index (χ0n) is 12.6. The van der Waals surface area contributed by atoms with Gasteiger partial charge in [-0.05, 0) is 44.2 Å². The predicted octanol–water partition coefficient (Wildman–Crippen LogP) is 2.70. The Morgan fingerprint density at radius 1 is 1.38 bits per heavy atom. The number of rotatable bonds is 2. The molecule has 3 rings (SSSR count). The fourth-order valence-electron chi connectivity index (χ4n) is 3.34. The number of piperidine rings is 1. The van der Waals surface area contributed by atoms with Gasteiger partial charge < -0.3 is 15.0 Å². The summed E-state index contributed by atoms with van der Waals surface area (Å²) >= 11 is 1.54. The summed E-state index contributed by atoms with van der Waals surface area (Å²) < 4.78 is 5.32. The number of carbonyl (C=O) groups is 1. The van der Waals surface area contributed by atoms with Crippen LogP contribution in [-0.4, -0.2) is 44.1 Å². The number of halogens is 1. The second-order valence-electron chi connectivity index (χ2n) is 5.97. The topological polar surface area (TPSA) is 41.6 Å². The molecule has 1 N–H and O–H groups in total. The first kappa shape index (κ1) is 16.6. The van der Waals surface area contributed by atoms with Crippen molar-refractivity contribution in [3.05, 3.63) is 15.8 Å². The van der Waals surface area contributed by atoms with E-state index in [0.29, 0.717) is 5.41 Å². The Hall–Kier alpha value is -0.780. The number of hydrogen-bond donors (Lipinski definition) is 1. The molecule has 0 saturated carbocycles. The van der Waals surface area contributed by atoms with E-state index in [1.807, 2.05) is 17.9 Å². The van der Waals surface area contributed by atoms with E-state index in [2.05, 4.69) is 5.32 Å². The second-order valence-corrected chi connectivity index (χ2v) is 7.23. The van der Waals surface area contributed by atoms with Crippen molar-refractivity contribution in [2.24, 2.45) is 5.41 Å². The van der Waals surface area contributed by atoms with Crippen molar-refractivity contribution in [2.75, 3.05) is 33.3 Å². The fourth-order valence-corrected chi connectivity index (χ4v) is 4.29. The number of likely N-dealkylation sites (tertiary alicyclic amines) is 1. The molecule has 0 aliphatic carbocycles. The maximum atomic E-state index is 12.6. The smallest absolute Gasteiger partial charge is 0.267 e. The molecular weight excluding hydrogens is 308 g/mol. The minimum Gasteiger partial charge on any atom is -0.495 e. The summed E-state index contributed by atoms with van der Waals surface area (Å²) in [6.45, 7) is 6.02. The highest BCUT2D eigenvalue weighted by atomic mass is 35.5. The van der Waals surface area contributed by atoms with Gasteiger partial charge in [0.25, 0.3) is 5.91 Å². The van der Waals surface area contributed by atoms with Gasteiger partial charge in [-0.25, -0.2) is 0 Å². The Morgan fingerprint density at radius 2 is 2.10 bits per heavy atom. The zero-order valence-corrected chi connectivity index (χ0v) is 14.2. The van der Waals surface area contributed by atoms with E-state index < -0.39 is 0 Å². The van der Waals surface area contributed by atoms with Crippen LogP contribution in [0.15, 0.2) is 6.07 Å². The van der Waals surface area contributed by atoms with Crippen LogP contribution in [-0.2, 0) is 0 Å². The van der Waals surface area contributed by atoms with Crippen LogP contribution < -0.4 is 10.1 Å². The van der Waals surface area contributed by atoms with Gasteiger partial charge >= 0.3 is 0 Å². The van der Waals surface area contributed by atoms with Crippen LogP contribution in [0.5, 0.6) is 5.75 Å². The summed E-state index contributed by atoms with van der Waals surface area (Å²) in [7, 11) is 1.63. The number of hydrogen-bond acceptors (Lipinski definition) is 4. The number of nitrogens with zero attached hydrogens (tertiary/aromatic N) is 1. The van der Waals surface area contributed by atoms with Gasteiger partial charge in [-0.2, -0.15) is 0 Å². The van der Waals surface area contributed by atoms with Crippen LogP contribution in [0.3, 0.4) is 0 Å². The summed E-state index contributed by atoms with van der Waals surface area (Å²) in [5.41, 5.74) is 0.451. The van der Waals surface area contributed by atoms with Gasteiger partial charge in [0, 0.05) is 24.5 Å². The van der Waals surface area contributed by atoms with Crippen molar-refractivity contribution in [1.29, 1.82) is 0 Å². The number of carbonyl (C=O) groups excluding carboxylic acids is 1. The lowest BCUT2D eigenvalue weighted by Crippen LogP contribution is -2.43. The molecule has 1 amide bonds. The SMILES string of the molecule is COc1cc(C)sc1C(=O)N1CCC2(CCNC2)CC1.Cl. The molecule has 0 bridgehead atoms. The number of amides is 1. The second kappa shape index (κ2) is 6.55. The summed E-state index contributed by atoms with van der Waals surface area (Å²) in [4.78, 5) is 16.5. The molecule has 4 nitrogen and oxygen atoms in total. The van der Waals surface area contributed by atoms with Crippen LogP contribution in [0.25, 0.3) is 0 Å². The molecular formula is C15H23ClN2O2S. The van der Waals surface area contributed by atoms with E-state index in [9.17, 15) is 4.79 Å². The molecule has 0 unspecified atom stereocenters. The quantitative estimate of drug-likeness (QED) is 0.906. The largest absolute Gasteiger partial charge is 0.495 e. The van der Waals surface area contributed by atoms with Crippen molar-refractivity contribution in [1.82, 2.24) is 10.2 Å². The highest BCUT2D eigenvalue weighted by Gasteiger charge is 2.38. The van der Waals surface area contributed by atoms with Gasteiger partial charge in [0.2, 0.25) is 0 Å². The third kappa shape index (κ3) is 3.20. The molecule has 1 aromatic heterocycles. The first-order chi connectivity index (χ1) is 9.63. The Labute approximate surface area is 136 Å². The van der Waals surface area contributed by atoms with Crippen molar-refractivity contribution < 1.29 is 9.53 Å². The average molecular weight is 331 g/mol. The van der Waals surface area contributed by atoms with E-state index in [1.165, 1.54) is 17.8 Å². The minimum atomic E-state index is 0. The highest BCUT2D eigenvalue weighted by Crippen LogP contribution is 2.38. The van der Waals surface area contributed by atoms with Crippen LogP contribution in [0.1, 0.15) is 33.8 Å². The molecule has 2 aliphatic heterocycles. The van der Waals surface area contributed by atoms with E-state index in [1.54, 1.807) is 7.11 Å². The van der Waals surface area contributed by atoms with Gasteiger partial charge in [-0.3, -0.25) is 4.79 Å². The molecule has 118 valence electrons. The standard InChI is InChI=1S/C15H22N2O2S.ClH/c1-11-9-12(19-2)13(20-11)14(18)17-7-4-15(5-8-17)3-6-16-10-15;/h9,16H,3-8,10H2,1-2H3;1H. The lowest BCUT2D eigenvalue weighted by atomic mass is 9.78. The molecule has 2 aliphatic rings. The maximum absolute atomic E-state index is 12.6. The normalized spacial score (nSPS) is 20.4. The molecule has 0 radical (unpaired) electrons. The van der Waals surface area contributed by atoms with Crippen molar-refractivity contribution in [3.8, 4) is 5.75 Å². The molecule has 21 heavy (non-hydrogen) atoms. The molecule has 2 fully saturated rings. The fraction of sp³-hybridized carbons (Fsp3) is 0.667. The van der Waals surface area contributed by atoms with Gasteiger partial charge in [-0.1, -0.05) is 0 Å². The highest BCUT2D eigenvalue weighted by molar-refractivity contribution is 7.14. The summed E-state index contributed by atoms with van der Waals surface area (Å²) in [5, 5.41) is 3.46. The van der Waals surface area contributed by atoms with Gasteiger partial charge in [0.05, 0.1) is 7.11 Å². The number of ether oxygens (including phenoxy) is 1. The molecule has 1 aromatic rings. The Kier molecular flexibility index (Phi) is 5.17. The predicted molar refractivity (Wildman–Crippen MR) is 87.9 cm³/mol. The number of thiophene rings is 1. The Morgan fingerprint density at radius 3 is 2.67 bits per heavy atom. The molecule has 3 heterocycles. The van der Waals surface area contributed by atoms with Crippen LogP contribution >= 0.6 is 23.7 Å². The van der Waals surface area contributed by atoms with Crippen LogP contribution in [0.4, 0.5) is 0 Å². The summed E-state index contributed by atoms with van der Waals surface area (Å²) in [6, 6.07) is 1.95. The molecule has 2 saturated heterocycles. The molecule has 1 spiro atoms. The Bertz CT molecular complexity index is 502. The van der Waals surface area contributed by atoms with Crippen molar-refractivity contribution >= 4 is 29.7 Å². The first-order valence-electron chi connectivity index (χ1n) is 7.28. The van der Waals surface area contributed by atoms with E-state index in [-0.39, 0.29) is 18.3 Å². The monoisotopic (exact) mass is 330 g/mol. The average Bonchev–Trinajstić information content (AvgIpc) is 3.06. The van der Waals surface area contributed by atoms with Gasteiger partial charge in [-0.15, -0.1) is 23.7 Å². The van der Waals surface area contributed by atoms with Crippen LogP contribution in [0, 0.1) is 12.3 Å². The molecule has 0 atom stereocenters. The number of nitrogens with one attached hydrogen (secondary N) is 1. The summed E-state index contributed by atoms with van der Waals surface area (Å²) in [5.74, 6) is 0.862. The van der Waals surface area contributed by atoms with Gasteiger partial charge in [0.1, 0.15) is 10.6 Å². The lowest BCUT2D eigenvalue weighted by Gasteiger charge is -2.38. The maximum Gasteiger partial charge on any atom is 0.267 e. The molecule has 6 heteroatoms. The van der Waals surface area contributed by atoms with Crippen molar-refractivity contribution in [3.63, 3.8) is 0 Å². The molecule has 0 aromatic carbocycles. The zero-order chi connectivity index (χ0) is 14.2. The van der Waals surface area contributed by atoms with E-state index in [4.69, 9.17) is 4.74 Å². The van der Waals surface area contributed by atoms with E-state index in [0.717, 1.165) is 54.5 Å². The number of aryl methyl sites for hydroxylation is 1. The van der Waals surface area contributed by atoms with Gasteiger partial charge in [0.15, 0.2) is 0 Å². The number of methoxy groups -OCH3 is 1. The van der Waals surface area contributed by atoms with Crippen LogP contribution in [0.2, 0.25) is 0 Å². The summed E-state index contributed by atoms with van der Waals surface area (Å²) in [6.07, 6.45) is 3.51. The van der Waals surface area contributed by atoms with E-state index >= 15 is 0 Å². The third-order valence-electron chi connectivity index (χ3n) is 4.68. The van der Waals surface area contributed by atoms with Crippen molar-refractivity contribution in [2.45, 2.75) is 26.2 Å². The first-order valence-corrected chi connectivity index (χ1v) is 8.10. The third-order valence-corrected chi connectivity index (χ3v) is 5.70.